The molecule has 4 fully saturated rings. The highest BCUT2D eigenvalue weighted by atomic mass is 19.4. The number of piperazine rings is 2. The third-order valence-electron chi connectivity index (χ3n) is 14.1. The van der Waals surface area contributed by atoms with Crippen molar-refractivity contribution in [3.05, 3.63) is 129 Å². The number of hydrogen-bond acceptors (Lipinski definition) is 13. The summed E-state index contributed by atoms with van der Waals surface area (Å²) < 4.78 is 45.0. The van der Waals surface area contributed by atoms with Crippen molar-refractivity contribution < 1.29 is 32.3 Å². The fourth-order valence-electron chi connectivity index (χ4n) is 9.31. The van der Waals surface area contributed by atoms with E-state index in [2.05, 4.69) is 72.2 Å². The second-order valence-electron chi connectivity index (χ2n) is 20.3. The molecule has 0 spiro atoms. The SMILES string of the molecule is C1CCC1.C=N/N=C\N(C)CCc1cccc(-n2cc3c(C(F)(F)F)cc(CN4CCN(CCCN(C)C)CC4)cn3c2=O)c1.CNCc1cc(N2CCN(c3ccc(C=O)cc3)CC2)ccc1C=O.O=C1CCCC(=O)N1. The van der Waals surface area contributed by atoms with E-state index in [1.807, 2.05) is 67.5 Å². The van der Waals surface area contributed by atoms with Crippen LogP contribution < -0.4 is 26.1 Å². The predicted octanol–water partition coefficient (Wildman–Crippen LogP) is 7.03. The topological polar surface area (TPSA) is 163 Å². The van der Waals surface area contributed by atoms with E-state index in [0.29, 0.717) is 62.1 Å². The zero-order valence-electron chi connectivity index (χ0n) is 45.7. The normalized spacial score (nSPS) is 16.1. The maximum absolute atomic E-state index is 14.2. The summed E-state index contributed by atoms with van der Waals surface area (Å²) >= 11 is 0. The number of aromatic nitrogens is 2. The lowest BCUT2D eigenvalue weighted by Crippen LogP contribution is -2.46. The van der Waals surface area contributed by atoms with Crippen molar-refractivity contribution in [1.82, 2.24) is 39.2 Å². The van der Waals surface area contributed by atoms with Crippen LogP contribution in [0.4, 0.5) is 24.5 Å². The van der Waals surface area contributed by atoms with Gasteiger partial charge in [0.1, 0.15) is 18.9 Å². The summed E-state index contributed by atoms with van der Waals surface area (Å²) in [7, 11) is 7.85. The number of rotatable bonds is 18. The van der Waals surface area contributed by atoms with Crippen LogP contribution in [0.15, 0.2) is 100 Å². The molecule has 2 amide bonds. The zero-order valence-corrected chi connectivity index (χ0v) is 45.7. The second kappa shape index (κ2) is 30.2. The van der Waals surface area contributed by atoms with Crippen molar-refractivity contribution in [3.8, 4) is 5.69 Å². The highest BCUT2D eigenvalue weighted by Crippen LogP contribution is 2.34. The van der Waals surface area contributed by atoms with Crippen LogP contribution in [-0.2, 0) is 35.3 Å². The highest BCUT2D eigenvalue weighted by Gasteiger charge is 2.35. The van der Waals surface area contributed by atoms with Gasteiger partial charge in [0.25, 0.3) is 0 Å². The molecule has 5 aromatic rings. The number of alkyl halides is 3. The number of imide groups is 1. The van der Waals surface area contributed by atoms with Gasteiger partial charge in [-0.3, -0.25) is 38.4 Å². The maximum atomic E-state index is 14.2. The number of benzene rings is 3. The van der Waals surface area contributed by atoms with Crippen molar-refractivity contribution in [2.45, 2.75) is 77.1 Å². The summed E-state index contributed by atoms with van der Waals surface area (Å²) in [6, 6.07) is 22.2. The average Bonchev–Trinajstić information content (AvgIpc) is 3.93. The second-order valence-corrected chi connectivity index (χ2v) is 20.3. The third kappa shape index (κ3) is 18.3. The van der Waals surface area contributed by atoms with Crippen LogP contribution >= 0.6 is 0 Å². The Kier molecular flexibility index (Phi) is 23.3. The average molecular weight is 1080 g/mol. The zero-order chi connectivity index (χ0) is 56.0. The summed E-state index contributed by atoms with van der Waals surface area (Å²) in [6.45, 7) is 14.0. The quantitative estimate of drug-likeness (QED) is 0.0304. The smallest absolute Gasteiger partial charge is 0.368 e. The van der Waals surface area contributed by atoms with E-state index < -0.39 is 17.4 Å². The lowest BCUT2D eigenvalue weighted by molar-refractivity contribution is -0.137. The Labute approximate surface area is 456 Å². The van der Waals surface area contributed by atoms with E-state index in [1.165, 1.54) is 42.5 Å². The third-order valence-corrected chi connectivity index (χ3v) is 14.1. The summed E-state index contributed by atoms with van der Waals surface area (Å²) in [5.41, 5.74) is 5.22. The molecule has 4 aliphatic rings. The fourth-order valence-corrected chi connectivity index (χ4v) is 9.31. The number of hydrogen-bond donors (Lipinski definition) is 2. The van der Waals surface area contributed by atoms with Gasteiger partial charge < -0.3 is 29.8 Å². The predicted molar refractivity (Wildman–Crippen MR) is 304 cm³/mol. The van der Waals surface area contributed by atoms with E-state index in [1.54, 1.807) is 24.7 Å². The Morgan fingerprint density at radius 2 is 1.36 bits per heavy atom. The Morgan fingerprint density at radius 3 is 1.92 bits per heavy atom. The Morgan fingerprint density at radius 1 is 0.718 bits per heavy atom. The van der Waals surface area contributed by atoms with E-state index in [-0.39, 0.29) is 17.3 Å². The molecule has 0 unspecified atom stereocenters. The minimum atomic E-state index is -4.60. The number of fused-ring (bicyclic) bond motifs is 1. The molecule has 5 heterocycles. The number of halogens is 3. The van der Waals surface area contributed by atoms with Gasteiger partial charge in [-0.05, 0) is 131 Å². The van der Waals surface area contributed by atoms with Crippen molar-refractivity contribution in [2.24, 2.45) is 10.2 Å². The molecule has 3 saturated heterocycles. The number of carbonyl (C=O) groups is 4. The molecule has 1 saturated carbocycles. The number of amides is 2. The largest absolute Gasteiger partial charge is 0.418 e. The van der Waals surface area contributed by atoms with E-state index in [4.69, 9.17) is 0 Å². The van der Waals surface area contributed by atoms with Crippen LogP contribution in [0.1, 0.15) is 94.3 Å². The monoisotopic (exact) mass is 1080 g/mol. The molecule has 0 atom stereocenters. The molecule has 20 heteroatoms. The molecule has 78 heavy (non-hydrogen) atoms. The first-order valence-electron chi connectivity index (χ1n) is 26.9. The Hall–Kier alpha value is -7.00. The number of nitrogens with zero attached hydrogens (tertiary/aromatic N) is 10. The van der Waals surface area contributed by atoms with Gasteiger partial charge in [-0.15, -0.1) is 5.10 Å². The number of anilines is 2. The van der Waals surface area contributed by atoms with Crippen LogP contribution in [0.3, 0.4) is 0 Å². The Bertz CT molecular complexity index is 2810. The molecular formula is C58H77F3N12O5. The molecule has 3 aliphatic heterocycles. The molecule has 1 aliphatic carbocycles. The molecular weight excluding hydrogens is 1000 g/mol. The van der Waals surface area contributed by atoms with Gasteiger partial charge in [-0.2, -0.15) is 18.3 Å². The van der Waals surface area contributed by atoms with Gasteiger partial charge in [0.05, 0.1) is 16.8 Å². The molecule has 3 aromatic carbocycles. The first kappa shape index (κ1) is 60.2. The number of pyridine rings is 1. The Balaban J connectivity index is 0.000000221. The minimum Gasteiger partial charge on any atom is -0.368 e. The van der Waals surface area contributed by atoms with Gasteiger partial charge in [-0.1, -0.05) is 37.8 Å². The number of likely N-dealkylation sites (N-methyl/N-ethyl adjacent to an activating group) is 1. The summed E-state index contributed by atoms with van der Waals surface area (Å²) in [5, 5.41) is 12.5. The molecule has 17 nitrogen and oxygen atoms in total. The standard InChI is InChI=1S/C29H39F3N8O.C20H23N3O2.C5H7NO2.C4H8/c1-33-34-22-36(4)12-9-23-7-5-8-25(17-23)39-21-27-26(29(30,31)32)18-24(20-40(27)28(39)41)19-38-15-13-37(14-16-38)11-6-10-35(2)3;1-21-13-18-12-20(7-4-17(18)15-25)23-10-8-22(9-11-23)19-5-2-16(14-24)3-6-19;7-4-2-1-3-5(8)6-4;1-2-4-3-1/h5,7-8,17-18,20-22H,1,6,9-16,19H2,2-4H3;2-7,12,14-15,21H,8-11,13H2,1H3;1-3H2,(H,6,7,8);1-4H2/b34-22-;;;. The molecule has 0 bridgehead atoms. The van der Waals surface area contributed by atoms with Crippen molar-refractivity contribution in [1.29, 1.82) is 0 Å². The van der Waals surface area contributed by atoms with Crippen LogP contribution in [0.2, 0.25) is 0 Å². The van der Waals surface area contributed by atoms with E-state index >= 15 is 0 Å². The fraction of sp³-hybridized carbons (Fsp3) is 0.466. The number of piperidine rings is 1. The maximum Gasteiger partial charge on any atom is 0.418 e. The van der Waals surface area contributed by atoms with Crippen LogP contribution in [0.5, 0.6) is 0 Å². The summed E-state index contributed by atoms with van der Waals surface area (Å²) in [5.74, 6) is -0.275. The van der Waals surface area contributed by atoms with E-state index in [0.717, 1.165) is 117 Å². The lowest BCUT2D eigenvalue weighted by atomic mass is 10.0. The van der Waals surface area contributed by atoms with Crippen LogP contribution in [0.25, 0.3) is 11.2 Å². The van der Waals surface area contributed by atoms with Gasteiger partial charge in [0.2, 0.25) is 11.8 Å². The molecule has 420 valence electrons. The van der Waals surface area contributed by atoms with Gasteiger partial charge in [-0.25, -0.2) is 4.79 Å². The number of imidazole rings is 1. The number of nitrogens with one attached hydrogen (secondary N) is 2. The molecule has 9 rings (SSSR count). The summed E-state index contributed by atoms with van der Waals surface area (Å²) in [4.78, 5) is 69.3. The van der Waals surface area contributed by atoms with Gasteiger partial charge >= 0.3 is 11.9 Å². The number of aldehydes is 2. The van der Waals surface area contributed by atoms with Crippen molar-refractivity contribution in [3.63, 3.8) is 0 Å². The first-order chi connectivity index (χ1) is 37.6. The number of carbonyl (C=O) groups excluding carboxylic acids is 4. The van der Waals surface area contributed by atoms with Crippen LogP contribution in [0, 0.1) is 0 Å². The highest BCUT2D eigenvalue weighted by molar-refractivity contribution is 5.97. The van der Waals surface area contributed by atoms with Crippen LogP contribution in [-0.4, -0.2) is 166 Å². The molecule has 2 N–H and O–H groups in total. The van der Waals surface area contributed by atoms with Gasteiger partial charge in [0, 0.05) is 133 Å². The first-order valence-corrected chi connectivity index (χ1v) is 26.9. The van der Waals surface area contributed by atoms with Crippen molar-refractivity contribution in [2.75, 3.05) is 110 Å². The van der Waals surface area contributed by atoms with E-state index in [9.17, 15) is 37.1 Å². The molecule has 0 radical (unpaired) electrons. The molecule has 2 aromatic heterocycles. The summed E-state index contributed by atoms with van der Waals surface area (Å²) in [6.07, 6.45) is 11.0. The lowest BCUT2D eigenvalue weighted by Gasteiger charge is -2.37. The minimum absolute atomic E-state index is 0.138. The van der Waals surface area contributed by atoms with Crippen molar-refractivity contribution >= 4 is 54.3 Å². The van der Waals surface area contributed by atoms with Gasteiger partial charge in [0.15, 0.2) is 0 Å².